The van der Waals surface area contributed by atoms with Crippen LogP contribution in [0.5, 0.6) is 0 Å². The summed E-state index contributed by atoms with van der Waals surface area (Å²) in [6.45, 7) is 9.68. The van der Waals surface area contributed by atoms with Crippen molar-refractivity contribution in [3.63, 3.8) is 0 Å². The minimum absolute atomic E-state index is 0.00146. The van der Waals surface area contributed by atoms with Crippen molar-refractivity contribution in [3.8, 4) is 0 Å². The molecular formula is C28H39N3O. The quantitative estimate of drug-likeness (QED) is 0.650. The molecule has 172 valence electrons. The zero-order chi connectivity index (χ0) is 22.2. The summed E-state index contributed by atoms with van der Waals surface area (Å²) in [7, 11) is 0. The van der Waals surface area contributed by atoms with Gasteiger partial charge in [0.2, 0.25) is 0 Å². The number of nitrogens with one attached hydrogen (secondary N) is 1. The van der Waals surface area contributed by atoms with Gasteiger partial charge in [0.1, 0.15) is 0 Å². The molecule has 2 aliphatic rings. The van der Waals surface area contributed by atoms with Crippen LogP contribution in [0.15, 0.2) is 48.5 Å². The number of carbonyl (C=O) groups is 1. The highest BCUT2D eigenvalue weighted by molar-refractivity contribution is 5.94. The number of nitrogens with zero attached hydrogens (tertiary/aromatic N) is 2. The first kappa shape index (κ1) is 23.0. The van der Waals surface area contributed by atoms with Crippen LogP contribution in [-0.4, -0.2) is 41.9 Å². The first-order chi connectivity index (χ1) is 15.7. The largest absolute Gasteiger partial charge is 0.348 e. The standard InChI is InChI=1S/C28H39N3O/c1-23-8-7-17-31(20-23)22-26-10-6-9-25(18-26)19-29-28(32)27-13-11-24(12-14-27)21-30-15-4-2-3-5-16-30/h6,9-14,18,23H,2-5,7-8,15-17,19-22H2,1H3,(H,29,32). The van der Waals surface area contributed by atoms with Gasteiger partial charge in [-0.1, -0.05) is 56.2 Å². The molecule has 2 aromatic rings. The third kappa shape index (κ3) is 6.91. The average Bonchev–Trinajstić information content (AvgIpc) is 3.07. The van der Waals surface area contributed by atoms with Crippen molar-refractivity contribution in [2.45, 2.75) is 65.1 Å². The van der Waals surface area contributed by atoms with Gasteiger partial charge in [-0.05, 0) is 80.1 Å². The number of rotatable bonds is 7. The summed E-state index contributed by atoms with van der Waals surface area (Å²) < 4.78 is 0. The van der Waals surface area contributed by atoms with E-state index in [-0.39, 0.29) is 5.91 Å². The normalized spacial score (nSPS) is 20.6. The molecule has 1 unspecified atom stereocenters. The third-order valence-electron chi connectivity index (χ3n) is 6.91. The monoisotopic (exact) mass is 433 g/mol. The van der Waals surface area contributed by atoms with Gasteiger partial charge in [-0.15, -0.1) is 0 Å². The predicted molar refractivity (Wildman–Crippen MR) is 131 cm³/mol. The summed E-state index contributed by atoms with van der Waals surface area (Å²) in [5.41, 5.74) is 4.54. The smallest absolute Gasteiger partial charge is 0.251 e. The van der Waals surface area contributed by atoms with Crippen molar-refractivity contribution in [3.05, 3.63) is 70.8 Å². The summed E-state index contributed by atoms with van der Waals surface area (Å²) in [4.78, 5) is 17.8. The van der Waals surface area contributed by atoms with Gasteiger partial charge in [-0.2, -0.15) is 0 Å². The Morgan fingerprint density at radius 1 is 0.844 bits per heavy atom. The van der Waals surface area contributed by atoms with Gasteiger partial charge in [0.25, 0.3) is 5.91 Å². The highest BCUT2D eigenvalue weighted by atomic mass is 16.1. The van der Waals surface area contributed by atoms with E-state index in [9.17, 15) is 4.79 Å². The molecule has 2 aliphatic heterocycles. The van der Waals surface area contributed by atoms with Crippen molar-refractivity contribution in [1.29, 1.82) is 0 Å². The van der Waals surface area contributed by atoms with E-state index >= 15 is 0 Å². The lowest BCUT2D eigenvalue weighted by molar-refractivity contribution is 0.0951. The molecule has 0 aromatic heterocycles. The van der Waals surface area contributed by atoms with Crippen LogP contribution in [0.3, 0.4) is 0 Å². The molecule has 0 radical (unpaired) electrons. The Kier molecular flexibility index (Phi) is 8.36. The van der Waals surface area contributed by atoms with Crippen molar-refractivity contribution in [2.75, 3.05) is 26.2 Å². The molecule has 2 fully saturated rings. The molecule has 0 spiro atoms. The molecule has 0 aliphatic carbocycles. The summed E-state index contributed by atoms with van der Waals surface area (Å²) in [6, 6.07) is 16.8. The zero-order valence-corrected chi connectivity index (χ0v) is 19.7. The van der Waals surface area contributed by atoms with Gasteiger partial charge in [0.15, 0.2) is 0 Å². The summed E-state index contributed by atoms with van der Waals surface area (Å²) in [5.74, 6) is 0.795. The van der Waals surface area contributed by atoms with Crippen LogP contribution in [-0.2, 0) is 19.6 Å². The van der Waals surface area contributed by atoms with E-state index in [0.717, 1.165) is 24.6 Å². The predicted octanol–water partition coefficient (Wildman–Crippen LogP) is 5.22. The molecule has 4 heteroatoms. The van der Waals surface area contributed by atoms with Crippen LogP contribution in [0.2, 0.25) is 0 Å². The first-order valence-electron chi connectivity index (χ1n) is 12.6. The third-order valence-corrected chi connectivity index (χ3v) is 6.91. The second kappa shape index (κ2) is 11.6. The van der Waals surface area contributed by atoms with Gasteiger partial charge < -0.3 is 5.32 Å². The van der Waals surface area contributed by atoms with Crippen molar-refractivity contribution in [1.82, 2.24) is 15.1 Å². The molecule has 32 heavy (non-hydrogen) atoms. The zero-order valence-electron chi connectivity index (χ0n) is 19.7. The lowest BCUT2D eigenvalue weighted by Gasteiger charge is -2.30. The van der Waals surface area contributed by atoms with Crippen LogP contribution in [0.1, 0.15) is 72.5 Å². The molecule has 1 atom stereocenters. The molecule has 2 heterocycles. The minimum atomic E-state index is 0.00146. The van der Waals surface area contributed by atoms with E-state index in [2.05, 4.69) is 58.4 Å². The van der Waals surface area contributed by atoms with Gasteiger partial charge in [-0.3, -0.25) is 14.6 Å². The lowest BCUT2D eigenvalue weighted by atomic mass is 9.99. The van der Waals surface area contributed by atoms with Gasteiger partial charge >= 0.3 is 0 Å². The Hall–Kier alpha value is -2.17. The minimum Gasteiger partial charge on any atom is -0.348 e. The molecule has 0 bridgehead atoms. The summed E-state index contributed by atoms with van der Waals surface area (Å²) >= 11 is 0. The number of piperidine rings is 1. The van der Waals surface area contributed by atoms with Crippen molar-refractivity contribution < 1.29 is 4.79 Å². The summed E-state index contributed by atoms with van der Waals surface area (Å²) in [5, 5.41) is 3.10. The van der Waals surface area contributed by atoms with E-state index in [0.29, 0.717) is 6.54 Å². The van der Waals surface area contributed by atoms with Gasteiger partial charge in [0, 0.05) is 31.7 Å². The molecule has 1 N–H and O–H groups in total. The van der Waals surface area contributed by atoms with Crippen molar-refractivity contribution >= 4 is 5.91 Å². The van der Waals surface area contributed by atoms with Crippen LogP contribution in [0, 0.1) is 5.92 Å². The van der Waals surface area contributed by atoms with Crippen LogP contribution >= 0.6 is 0 Å². The van der Waals surface area contributed by atoms with Crippen LogP contribution in [0.25, 0.3) is 0 Å². The fourth-order valence-electron chi connectivity index (χ4n) is 5.12. The van der Waals surface area contributed by atoms with E-state index in [1.807, 2.05) is 12.1 Å². The summed E-state index contributed by atoms with van der Waals surface area (Å²) in [6.07, 6.45) is 7.97. The Balaban J connectivity index is 1.27. The number of likely N-dealkylation sites (tertiary alicyclic amines) is 2. The molecule has 0 saturated carbocycles. The fourth-order valence-corrected chi connectivity index (χ4v) is 5.12. The molecule has 4 rings (SSSR count). The maximum Gasteiger partial charge on any atom is 0.251 e. The Morgan fingerprint density at radius 3 is 2.28 bits per heavy atom. The molecule has 2 aromatic carbocycles. The number of carbonyl (C=O) groups excluding carboxylic acids is 1. The second-order valence-electron chi connectivity index (χ2n) is 9.87. The number of benzene rings is 2. The van der Waals surface area contributed by atoms with Gasteiger partial charge in [-0.25, -0.2) is 0 Å². The number of hydrogen-bond donors (Lipinski definition) is 1. The molecule has 2 saturated heterocycles. The van der Waals surface area contributed by atoms with Crippen LogP contribution < -0.4 is 5.32 Å². The van der Waals surface area contributed by atoms with E-state index in [1.165, 1.54) is 81.4 Å². The van der Waals surface area contributed by atoms with E-state index in [1.54, 1.807) is 0 Å². The highest BCUT2D eigenvalue weighted by Crippen LogP contribution is 2.18. The SMILES string of the molecule is CC1CCCN(Cc2cccc(CNC(=O)c3ccc(CN4CCCCCC4)cc3)c2)C1. The fraction of sp³-hybridized carbons (Fsp3) is 0.536. The number of amides is 1. The Morgan fingerprint density at radius 2 is 1.53 bits per heavy atom. The highest BCUT2D eigenvalue weighted by Gasteiger charge is 2.16. The number of hydrogen-bond acceptors (Lipinski definition) is 3. The topological polar surface area (TPSA) is 35.6 Å². The van der Waals surface area contributed by atoms with E-state index in [4.69, 9.17) is 0 Å². The second-order valence-corrected chi connectivity index (χ2v) is 9.87. The van der Waals surface area contributed by atoms with Gasteiger partial charge in [0.05, 0.1) is 0 Å². The maximum absolute atomic E-state index is 12.7. The Bertz CT molecular complexity index is 855. The Labute approximate surface area is 194 Å². The van der Waals surface area contributed by atoms with Crippen molar-refractivity contribution in [2.24, 2.45) is 5.92 Å². The molecule has 4 nitrogen and oxygen atoms in total. The lowest BCUT2D eigenvalue weighted by Crippen LogP contribution is -2.33. The average molecular weight is 434 g/mol. The first-order valence-corrected chi connectivity index (χ1v) is 12.6. The molecular weight excluding hydrogens is 394 g/mol. The van der Waals surface area contributed by atoms with E-state index < -0.39 is 0 Å². The maximum atomic E-state index is 12.7. The molecule has 1 amide bonds. The van der Waals surface area contributed by atoms with Crippen LogP contribution in [0.4, 0.5) is 0 Å².